The molecule has 4 nitrogen and oxygen atoms in total. The lowest BCUT2D eigenvalue weighted by atomic mass is 9.64. The van der Waals surface area contributed by atoms with Crippen molar-refractivity contribution in [2.75, 3.05) is 6.54 Å². The van der Waals surface area contributed by atoms with Crippen LogP contribution in [0.15, 0.2) is 54.6 Å². The van der Waals surface area contributed by atoms with E-state index < -0.39 is 17.3 Å². The molecule has 3 rings (SSSR count). The SMILES string of the molecule is O=C(O)C(CNC(=O)C1(Cc2cccc(F)c2)CCC1)c1ccccc1. The lowest BCUT2D eigenvalue weighted by molar-refractivity contribution is -0.139. The molecular formula is C21H22FNO3. The average Bonchev–Trinajstić information content (AvgIpc) is 2.59. The minimum Gasteiger partial charge on any atom is -0.481 e. The number of carbonyl (C=O) groups excluding carboxylic acids is 1. The highest BCUT2D eigenvalue weighted by atomic mass is 19.1. The van der Waals surface area contributed by atoms with Crippen LogP contribution in [0.5, 0.6) is 0 Å². The van der Waals surface area contributed by atoms with Crippen molar-refractivity contribution in [2.45, 2.75) is 31.6 Å². The number of carboxylic acid groups (broad SMARTS) is 1. The Balaban J connectivity index is 1.68. The molecule has 1 aliphatic rings. The molecule has 2 N–H and O–H groups in total. The van der Waals surface area contributed by atoms with Gasteiger partial charge in [-0.1, -0.05) is 48.9 Å². The quantitative estimate of drug-likeness (QED) is 0.799. The third-order valence-electron chi connectivity index (χ3n) is 5.19. The Morgan fingerprint density at radius 1 is 1.12 bits per heavy atom. The third kappa shape index (κ3) is 3.93. The first kappa shape index (κ1) is 18.1. The van der Waals surface area contributed by atoms with Crippen LogP contribution in [0.25, 0.3) is 0 Å². The van der Waals surface area contributed by atoms with E-state index in [0.717, 1.165) is 24.8 Å². The molecule has 5 heteroatoms. The first-order valence-corrected chi connectivity index (χ1v) is 8.81. The maximum absolute atomic E-state index is 13.4. The predicted molar refractivity (Wildman–Crippen MR) is 96.2 cm³/mol. The van der Waals surface area contributed by atoms with Gasteiger partial charge in [-0.3, -0.25) is 9.59 Å². The second-order valence-electron chi connectivity index (χ2n) is 6.95. The molecule has 0 bridgehead atoms. The van der Waals surface area contributed by atoms with Crippen molar-refractivity contribution >= 4 is 11.9 Å². The zero-order chi connectivity index (χ0) is 18.6. The summed E-state index contributed by atoms with van der Waals surface area (Å²) in [6.45, 7) is 0.0447. The number of aliphatic carboxylic acids is 1. The highest BCUT2D eigenvalue weighted by Crippen LogP contribution is 2.44. The molecule has 0 aromatic heterocycles. The van der Waals surface area contributed by atoms with Gasteiger partial charge in [0, 0.05) is 6.54 Å². The van der Waals surface area contributed by atoms with Crippen LogP contribution in [0.4, 0.5) is 4.39 Å². The monoisotopic (exact) mass is 355 g/mol. The summed E-state index contributed by atoms with van der Waals surface area (Å²) in [6.07, 6.45) is 2.89. The number of rotatable bonds is 7. The van der Waals surface area contributed by atoms with Crippen LogP contribution in [0.2, 0.25) is 0 Å². The minimum atomic E-state index is -0.968. The molecule has 2 aromatic carbocycles. The van der Waals surface area contributed by atoms with E-state index in [-0.39, 0.29) is 18.3 Å². The zero-order valence-electron chi connectivity index (χ0n) is 14.5. The summed E-state index contributed by atoms with van der Waals surface area (Å²) in [5, 5.41) is 12.3. The van der Waals surface area contributed by atoms with E-state index in [1.807, 2.05) is 12.1 Å². The molecule has 0 saturated heterocycles. The summed E-state index contributed by atoms with van der Waals surface area (Å²) in [5.74, 6) is -2.21. The number of amides is 1. The van der Waals surface area contributed by atoms with Crippen LogP contribution in [0.1, 0.15) is 36.3 Å². The van der Waals surface area contributed by atoms with Gasteiger partial charge in [0.15, 0.2) is 0 Å². The van der Waals surface area contributed by atoms with Gasteiger partial charge < -0.3 is 10.4 Å². The highest BCUT2D eigenvalue weighted by Gasteiger charge is 2.44. The van der Waals surface area contributed by atoms with Gasteiger partial charge in [0.1, 0.15) is 5.82 Å². The van der Waals surface area contributed by atoms with Crippen LogP contribution in [-0.4, -0.2) is 23.5 Å². The van der Waals surface area contributed by atoms with Crippen LogP contribution in [0, 0.1) is 11.2 Å². The fraction of sp³-hybridized carbons (Fsp3) is 0.333. The van der Waals surface area contributed by atoms with Crippen molar-refractivity contribution in [3.8, 4) is 0 Å². The van der Waals surface area contributed by atoms with Crippen LogP contribution >= 0.6 is 0 Å². The summed E-state index contributed by atoms with van der Waals surface area (Å²) >= 11 is 0. The smallest absolute Gasteiger partial charge is 0.312 e. The number of carbonyl (C=O) groups is 2. The van der Waals surface area contributed by atoms with E-state index >= 15 is 0 Å². The molecule has 0 spiro atoms. The summed E-state index contributed by atoms with van der Waals surface area (Å²) in [4.78, 5) is 24.4. The van der Waals surface area contributed by atoms with Crippen molar-refractivity contribution in [2.24, 2.45) is 5.41 Å². The van der Waals surface area contributed by atoms with E-state index in [4.69, 9.17) is 0 Å². The predicted octanol–water partition coefficient (Wildman–Crippen LogP) is 3.52. The Labute approximate surface area is 152 Å². The first-order chi connectivity index (χ1) is 12.5. The average molecular weight is 355 g/mol. The Kier molecular flexibility index (Phi) is 5.35. The Bertz CT molecular complexity index is 787. The maximum Gasteiger partial charge on any atom is 0.312 e. The molecule has 26 heavy (non-hydrogen) atoms. The van der Waals surface area contributed by atoms with Crippen molar-refractivity contribution in [3.05, 3.63) is 71.5 Å². The number of halogens is 1. The molecule has 136 valence electrons. The van der Waals surface area contributed by atoms with Gasteiger partial charge in [-0.25, -0.2) is 4.39 Å². The molecule has 0 radical (unpaired) electrons. The summed E-state index contributed by atoms with van der Waals surface area (Å²) in [6, 6.07) is 15.2. The lowest BCUT2D eigenvalue weighted by Crippen LogP contribution is -2.48. The number of nitrogens with one attached hydrogen (secondary N) is 1. The second kappa shape index (κ2) is 7.68. The van der Waals surface area contributed by atoms with Crippen molar-refractivity contribution in [1.82, 2.24) is 5.32 Å². The van der Waals surface area contributed by atoms with Gasteiger partial charge in [-0.15, -0.1) is 0 Å². The topological polar surface area (TPSA) is 66.4 Å². The minimum absolute atomic E-state index is 0.0447. The van der Waals surface area contributed by atoms with Crippen molar-refractivity contribution in [3.63, 3.8) is 0 Å². The third-order valence-corrected chi connectivity index (χ3v) is 5.19. The molecule has 1 saturated carbocycles. The summed E-state index contributed by atoms with van der Waals surface area (Å²) < 4.78 is 13.4. The van der Waals surface area contributed by atoms with Gasteiger partial charge in [0.05, 0.1) is 11.3 Å². The molecular weight excluding hydrogens is 333 g/mol. The van der Waals surface area contributed by atoms with Crippen LogP contribution < -0.4 is 5.32 Å². The van der Waals surface area contributed by atoms with Crippen LogP contribution in [0.3, 0.4) is 0 Å². The molecule has 0 aliphatic heterocycles. The summed E-state index contributed by atoms with van der Waals surface area (Å²) in [7, 11) is 0. The Hall–Kier alpha value is -2.69. The molecule has 1 atom stereocenters. The van der Waals surface area contributed by atoms with Crippen molar-refractivity contribution < 1.29 is 19.1 Å². The summed E-state index contributed by atoms with van der Waals surface area (Å²) in [5.41, 5.74) is 0.888. The van der Waals surface area contributed by atoms with Gasteiger partial charge in [0.2, 0.25) is 5.91 Å². The first-order valence-electron chi connectivity index (χ1n) is 8.81. The van der Waals surface area contributed by atoms with Crippen molar-refractivity contribution in [1.29, 1.82) is 0 Å². The number of benzene rings is 2. The fourth-order valence-corrected chi connectivity index (χ4v) is 3.54. The molecule has 1 aliphatic carbocycles. The number of hydrogen-bond acceptors (Lipinski definition) is 2. The van der Waals surface area contributed by atoms with E-state index in [0.29, 0.717) is 12.0 Å². The van der Waals surface area contributed by atoms with Gasteiger partial charge >= 0.3 is 5.97 Å². The zero-order valence-corrected chi connectivity index (χ0v) is 14.5. The Morgan fingerprint density at radius 2 is 1.85 bits per heavy atom. The second-order valence-corrected chi connectivity index (χ2v) is 6.95. The molecule has 0 heterocycles. The van der Waals surface area contributed by atoms with E-state index in [2.05, 4.69) is 5.32 Å². The van der Waals surface area contributed by atoms with E-state index in [1.165, 1.54) is 12.1 Å². The van der Waals surface area contributed by atoms with E-state index in [9.17, 15) is 19.1 Å². The fourth-order valence-electron chi connectivity index (χ4n) is 3.54. The lowest BCUT2D eigenvalue weighted by Gasteiger charge is -2.40. The van der Waals surface area contributed by atoms with Crippen LogP contribution in [-0.2, 0) is 16.0 Å². The van der Waals surface area contributed by atoms with E-state index in [1.54, 1.807) is 30.3 Å². The molecule has 1 fully saturated rings. The maximum atomic E-state index is 13.4. The normalized spacial score (nSPS) is 16.3. The molecule has 1 amide bonds. The Morgan fingerprint density at radius 3 is 2.42 bits per heavy atom. The van der Waals surface area contributed by atoms with Gasteiger partial charge in [-0.2, -0.15) is 0 Å². The van der Waals surface area contributed by atoms with Gasteiger partial charge in [-0.05, 0) is 42.5 Å². The number of hydrogen-bond donors (Lipinski definition) is 2. The highest BCUT2D eigenvalue weighted by molar-refractivity contribution is 5.85. The standard InChI is InChI=1S/C21H22FNO3/c22-17-9-4-6-15(12-17)13-21(10-5-11-21)20(26)23-14-18(19(24)25)16-7-2-1-3-8-16/h1-4,6-9,12,18H,5,10-11,13-14H2,(H,23,26)(H,24,25). The molecule has 2 aromatic rings. The molecule has 1 unspecified atom stereocenters. The largest absolute Gasteiger partial charge is 0.481 e. The van der Waals surface area contributed by atoms with Gasteiger partial charge in [0.25, 0.3) is 0 Å². The number of carboxylic acids is 1.